The van der Waals surface area contributed by atoms with Crippen LogP contribution >= 0.6 is 0 Å². The maximum absolute atomic E-state index is 11.8. The molecule has 1 aromatic rings. The molecule has 0 aromatic heterocycles. The third-order valence-electron chi connectivity index (χ3n) is 3.26. The summed E-state index contributed by atoms with van der Waals surface area (Å²) in [6.07, 6.45) is 0.383. The molecule has 1 aliphatic carbocycles. The molecule has 104 valence electrons. The lowest BCUT2D eigenvalue weighted by Gasteiger charge is -2.16. The van der Waals surface area contributed by atoms with Crippen molar-refractivity contribution >= 4 is 11.9 Å². The largest absolute Gasteiger partial charge is 0.437 e. The number of benzene rings is 1. The fraction of sp³-hybridized carbons (Fsp3) is 0.250. The topological polar surface area (TPSA) is 55.4 Å². The number of rotatable bonds is 3. The second kappa shape index (κ2) is 5.74. The van der Waals surface area contributed by atoms with E-state index in [1.807, 2.05) is 37.3 Å². The average Bonchev–Trinajstić information content (AvgIpc) is 2.67. The highest BCUT2D eigenvalue weighted by Crippen LogP contribution is 2.22. The van der Waals surface area contributed by atoms with Crippen LogP contribution in [0.4, 0.5) is 4.79 Å². The van der Waals surface area contributed by atoms with E-state index in [1.54, 1.807) is 13.0 Å². The number of allylic oxidation sites excluding steroid dienone is 1. The van der Waals surface area contributed by atoms with Crippen LogP contribution in [0.2, 0.25) is 0 Å². The van der Waals surface area contributed by atoms with E-state index < -0.39 is 12.2 Å². The van der Waals surface area contributed by atoms with Crippen molar-refractivity contribution in [3.05, 3.63) is 59.7 Å². The first-order chi connectivity index (χ1) is 9.49. The van der Waals surface area contributed by atoms with E-state index in [0.29, 0.717) is 11.1 Å². The number of Topliss-reactive ketones (excluding diaryl/α,β-unsaturated/α-hetero) is 1. The van der Waals surface area contributed by atoms with Crippen LogP contribution in [0.3, 0.4) is 0 Å². The Morgan fingerprint density at radius 3 is 2.55 bits per heavy atom. The van der Waals surface area contributed by atoms with E-state index in [1.165, 1.54) is 0 Å². The monoisotopic (exact) mass is 271 g/mol. The molecule has 0 saturated carbocycles. The third kappa shape index (κ3) is 2.96. The lowest BCUT2D eigenvalue weighted by Crippen LogP contribution is -2.30. The van der Waals surface area contributed by atoms with Crippen LogP contribution in [-0.2, 0) is 9.53 Å². The second-order valence-electron chi connectivity index (χ2n) is 4.81. The van der Waals surface area contributed by atoms with Gasteiger partial charge in [-0.15, -0.1) is 0 Å². The number of hydrogen-bond acceptors (Lipinski definition) is 3. The van der Waals surface area contributed by atoms with E-state index in [2.05, 4.69) is 11.9 Å². The first-order valence-electron chi connectivity index (χ1n) is 6.43. The standard InChI is InChI=1S/C16H17NO3/c1-10-9-14(11(2)15(10)18)20-16(19)17-12(3)13-7-5-4-6-8-13/h4-9,12,14H,2H2,1,3H3,(H,17,19)/t12-,14-/m1/s1. The Balaban J connectivity index is 1.94. The van der Waals surface area contributed by atoms with Gasteiger partial charge in [0.1, 0.15) is 0 Å². The zero-order valence-corrected chi connectivity index (χ0v) is 11.6. The van der Waals surface area contributed by atoms with Gasteiger partial charge < -0.3 is 10.1 Å². The Morgan fingerprint density at radius 1 is 1.35 bits per heavy atom. The summed E-state index contributed by atoms with van der Waals surface area (Å²) in [7, 11) is 0. The molecule has 2 atom stereocenters. The third-order valence-corrected chi connectivity index (χ3v) is 3.26. The van der Waals surface area contributed by atoms with E-state index in [4.69, 9.17) is 4.74 Å². The smallest absolute Gasteiger partial charge is 0.408 e. The molecule has 0 saturated heterocycles. The zero-order valence-electron chi connectivity index (χ0n) is 11.6. The van der Waals surface area contributed by atoms with Crippen molar-refractivity contribution in [1.29, 1.82) is 0 Å². The van der Waals surface area contributed by atoms with Crippen LogP contribution in [0.5, 0.6) is 0 Å². The molecular formula is C16H17NO3. The Bertz CT molecular complexity index is 575. The number of nitrogens with one attached hydrogen (secondary N) is 1. The van der Waals surface area contributed by atoms with Gasteiger partial charge >= 0.3 is 6.09 Å². The summed E-state index contributed by atoms with van der Waals surface area (Å²) in [5.74, 6) is -0.154. The van der Waals surface area contributed by atoms with Crippen LogP contribution in [0.1, 0.15) is 25.5 Å². The van der Waals surface area contributed by atoms with Gasteiger partial charge in [-0.2, -0.15) is 0 Å². The quantitative estimate of drug-likeness (QED) is 0.860. The number of carbonyl (C=O) groups is 2. The van der Waals surface area contributed by atoms with Crippen molar-refractivity contribution in [2.45, 2.75) is 26.0 Å². The number of hydrogen-bond donors (Lipinski definition) is 1. The Labute approximate surface area is 118 Å². The fourth-order valence-electron chi connectivity index (χ4n) is 2.04. The molecule has 4 nitrogen and oxygen atoms in total. The number of amides is 1. The molecule has 0 fully saturated rings. The zero-order chi connectivity index (χ0) is 14.7. The Kier molecular flexibility index (Phi) is 4.03. The summed E-state index contributed by atoms with van der Waals surface area (Å²) in [5, 5.41) is 2.73. The second-order valence-corrected chi connectivity index (χ2v) is 4.81. The lowest BCUT2D eigenvalue weighted by molar-refractivity contribution is -0.112. The minimum Gasteiger partial charge on any atom is -0.437 e. The van der Waals surface area contributed by atoms with E-state index in [9.17, 15) is 9.59 Å². The van der Waals surface area contributed by atoms with Crippen LogP contribution in [-0.4, -0.2) is 18.0 Å². The fourth-order valence-corrected chi connectivity index (χ4v) is 2.04. The van der Waals surface area contributed by atoms with Crippen molar-refractivity contribution in [2.24, 2.45) is 0 Å². The predicted octanol–water partition coefficient (Wildman–Crippen LogP) is 2.93. The molecule has 0 bridgehead atoms. The molecule has 0 unspecified atom stereocenters. The van der Waals surface area contributed by atoms with Gasteiger partial charge in [0.25, 0.3) is 0 Å². The summed E-state index contributed by atoms with van der Waals surface area (Å²) in [4.78, 5) is 23.4. The maximum atomic E-state index is 11.8. The minimum atomic E-state index is -0.662. The molecule has 1 N–H and O–H groups in total. The van der Waals surface area contributed by atoms with Gasteiger partial charge in [-0.05, 0) is 31.1 Å². The van der Waals surface area contributed by atoms with Gasteiger partial charge in [0.2, 0.25) is 0 Å². The SMILES string of the molecule is C=C1C(=O)C(C)=C[C@H]1OC(=O)N[C@H](C)c1ccccc1. The number of alkyl carbamates (subject to hydrolysis) is 1. The van der Waals surface area contributed by atoms with Crippen LogP contribution in [0.25, 0.3) is 0 Å². The predicted molar refractivity (Wildman–Crippen MR) is 76.2 cm³/mol. The first-order valence-corrected chi connectivity index (χ1v) is 6.43. The van der Waals surface area contributed by atoms with Crippen molar-refractivity contribution < 1.29 is 14.3 Å². The summed E-state index contributed by atoms with van der Waals surface area (Å²) in [6, 6.07) is 9.40. The summed E-state index contributed by atoms with van der Waals surface area (Å²) < 4.78 is 5.21. The van der Waals surface area contributed by atoms with Crippen molar-refractivity contribution in [1.82, 2.24) is 5.32 Å². The van der Waals surface area contributed by atoms with Gasteiger partial charge in [0.05, 0.1) is 6.04 Å². The molecule has 20 heavy (non-hydrogen) atoms. The highest BCUT2D eigenvalue weighted by molar-refractivity contribution is 6.11. The van der Waals surface area contributed by atoms with Gasteiger partial charge in [-0.1, -0.05) is 36.9 Å². The number of ether oxygens (including phenoxy) is 1. The van der Waals surface area contributed by atoms with Crippen LogP contribution < -0.4 is 5.32 Å². The van der Waals surface area contributed by atoms with Crippen molar-refractivity contribution in [3.63, 3.8) is 0 Å². The van der Waals surface area contributed by atoms with E-state index >= 15 is 0 Å². The number of ketones is 1. The molecule has 1 amide bonds. The molecule has 1 aromatic carbocycles. The summed E-state index contributed by atoms with van der Waals surface area (Å²) in [5.41, 5.74) is 1.84. The molecule has 4 heteroatoms. The molecule has 0 heterocycles. The van der Waals surface area contributed by atoms with E-state index in [-0.39, 0.29) is 11.8 Å². The van der Waals surface area contributed by atoms with Crippen molar-refractivity contribution in [3.8, 4) is 0 Å². The average molecular weight is 271 g/mol. The summed E-state index contributed by atoms with van der Waals surface area (Å²) >= 11 is 0. The molecule has 0 radical (unpaired) electrons. The summed E-state index contributed by atoms with van der Waals surface area (Å²) in [6.45, 7) is 7.20. The van der Waals surface area contributed by atoms with Crippen molar-refractivity contribution in [2.75, 3.05) is 0 Å². The first kappa shape index (κ1) is 14.1. The lowest BCUT2D eigenvalue weighted by atomic mass is 10.1. The molecule has 0 spiro atoms. The van der Waals surface area contributed by atoms with Crippen LogP contribution in [0, 0.1) is 0 Å². The highest BCUT2D eigenvalue weighted by Gasteiger charge is 2.29. The Morgan fingerprint density at radius 2 is 2.00 bits per heavy atom. The van der Waals surface area contributed by atoms with Gasteiger partial charge in [0.15, 0.2) is 11.9 Å². The van der Waals surface area contributed by atoms with Crippen LogP contribution in [0.15, 0.2) is 54.1 Å². The molecule has 0 aliphatic heterocycles. The normalized spacial score (nSPS) is 19.5. The number of carbonyl (C=O) groups excluding carboxylic acids is 2. The maximum Gasteiger partial charge on any atom is 0.408 e. The van der Waals surface area contributed by atoms with Gasteiger partial charge in [0, 0.05) is 5.57 Å². The Hall–Kier alpha value is -2.36. The minimum absolute atomic E-state index is 0.154. The molecule has 1 aliphatic rings. The molecule has 2 rings (SSSR count). The molecular weight excluding hydrogens is 254 g/mol. The highest BCUT2D eigenvalue weighted by atomic mass is 16.6. The van der Waals surface area contributed by atoms with E-state index in [0.717, 1.165) is 5.56 Å². The van der Waals surface area contributed by atoms with Gasteiger partial charge in [-0.25, -0.2) is 4.79 Å². The van der Waals surface area contributed by atoms with Gasteiger partial charge in [-0.3, -0.25) is 4.79 Å².